The second kappa shape index (κ2) is 29.1. The van der Waals surface area contributed by atoms with Crippen LogP contribution in [-0.2, 0) is 9.59 Å². The number of hydrogen-bond acceptors (Lipinski definition) is 4. The summed E-state index contributed by atoms with van der Waals surface area (Å²) in [5, 5.41) is 20.8. The fourth-order valence-corrected chi connectivity index (χ4v) is 9.03. The maximum absolute atomic E-state index is 11.8. The summed E-state index contributed by atoms with van der Waals surface area (Å²) in [6.45, 7) is 12.8. The van der Waals surface area contributed by atoms with Gasteiger partial charge in [0.05, 0.1) is 11.8 Å². The van der Waals surface area contributed by atoms with Crippen LogP contribution >= 0.6 is 23.5 Å². The van der Waals surface area contributed by atoms with Crippen LogP contribution in [0.4, 0.5) is 0 Å². The van der Waals surface area contributed by atoms with E-state index < -0.39 is 11.9 Å². The first-order chi connectivity index (χ1) is 20.6. The van der Waals surface area contributed by atoms with Gasteiger partial charge in [-0.1, -0.05) is 164 Å². The minimum Gasteiger partial charge on any atom is -0.481 e. The van der Waals surface area contributed by atoms with Crippen LogP contribution < -0.4 is 0 Å². The number of rotatable bonds is 32. The molecule has 0 fully saturated rings. The Morgan fingerprint density at radius 2 is 0.698 bits per heavy atom. The third-order valence-electron chi connectivity index (χ3n) is 9.11. The maximum atomic E-state index is 11.8. The first-order valence-electron chi connectivity index (χ1n) is 18.4. The van der Waals surface area contributed by atoms with E-state index in [2.05, 4.69) is 27.7 Å². The molecule has 43 heavy (non-hydrogen) atoms. The number of carbonyl (C=O) groups is 2. The van der Waals surface area contributed by atoms with Crippen LogP contribution in [0.25, 0.3) is 0 Å². The van der Waals surface area contributed by atoms with Crippen molar-refractivity contribution < 1.29 is 19.8 Å². The predicted octanol–water partition coefficient (Wildman–Crippen LogP) is 12.4. The van der Waals surface area contributed by atoms with E-state index >= 15 is 0 Å². The second-order valence-corrected chi connectivity index (χ2v) is 16.8. The van der Waals surface area contributed by atoms with Crippen molar-refractivity contribution in [3.05, 3.63) is 0 Å². The summed E-state index contributed by atoms with van der Waals surface area (Å²) in [4.78, 5) is 23.7. The molecule has 4 nitrogen and oxygen atoms in total. The molecular weight excluding hydrogens is 573 g/mol. The largest absolute Gasteiger partial charge is 0.481 e. The van der Waals surface area contributed by atoms with Gasteiger partial charge in [-0.2, -0.15) is 23.5 Å². The summed E-state index contributed by atoms with van der Waals surface area (Å²) >= 11 is 3.78. The zero-order valence-electron chi connectivity index (χ0n) is 29.3. The number of unbranched alkanes of at least 4 members (excludes halogenated alkanes) is 16. The third kappa shape index (κ3) is 24.5. The highest BCUT2D eigenvalue weighted by molar-refractivity contribution is 8.00. The SMILES string of the molecule is CCCCCCCCCCC(C)SC(CCCCCC(SC(C)CCCCCCCCCC)C(C)C(=O)O)C(C)C(=O)O. The summed E-state index contributed by atoms with van der Waals surface area (Å²) in [5.74, 6) is -2.04. The van der Waals surface area contributed by atoms with E-state index in [1.54, 1.807) is 0 Å². The quantitative estimate of drug-likeness (QED) is 0.0710. The van der Waals surface area contributed by atoms with Crippen molar-refractivity contribution >= 4 is 35.5 Å². The Bertz CT molecular complexity index is 605. The van der Waals surface area contributed by atoms with Crippen molar-refractivity contribution in [3.63, 3.8) is 0 Å². The van der Waals surface area contributed by atoms with Crippen LogP contribution in [0.2, 0.25) is 0 Å². The van der Waals surface area contributed by atoms with Crippen LogP contribution in [0.5, 0.6) is 0 Å². The van der Waals surface area contributed by atoms with Crippen molar-refractivity contribution in [3.8, 4) is 0 Å². The number of thioether (sulfide) groups is 2. The van der Waals surface area contributed by atoms with Crippen LogP contribution in [0.3, 0.4) is 0 Å². The molecular formula is C37H72O4S2. The molecule has 6 atom stereocenters. The molecule has 0 aliphatic carbocycles. The van der Waals surface area contributed by atoms with Crippen LogP contribution in [0, 0.1) is 11.8 Å². The zero-order chi connectivity index (χ0) is 32.3. The highest BCUT2D eigenvalue weighted by Crippen LogP contribution is 2.34. The molecule has 0 aliphatic rings. The van der Waals surface area contributed by atoms with E-state index in [-0.39, 0.29) is 22.3 Å². The molecule has 0 radical (unpaired) electrons. The lowest BCUT2D eigenvalue weighted by Gasteiger charge is -2.25. The summed E-state index contributed by atoms with van der Waals surface area (Å²) in [6, 6.07) is 0. The molecule has 0 rings (SSSR count). The van der Waals surface area contributed by atoms with Gasteiger partial charge in [0, 0.05) is 21.0 Å². The third-order valence-corrected chi connectivity index (χ3v) is 12.5. The van der Waals surface area contributed by atoms with Gasteiger partial charge in [0.25, 0.3) is 0 Å². The molecule has 0 heterocycles. The lowest BCUT2D eigenvalue weighted by molar-refractivity contribution is -0.142. The smallest absolute Gasteiger partial charge is 0.307 e. The molecule has 0 aromatic carbocycles. The fourth-order valence-electron chi connectivity index (χ4n) is 5.92. The molecule has 0 saturated heterocycles. The summed E-state index contributed by atoms with van der Waals surface area (Å²) in [7, 11) is 0. The van der Waals surface area contributed by atoms with Gasteiger partial charge in [-0.05, 0) is 25.7 Å². The molecule has 0 amide bonds. The average molecular weight is 645 g/mol. The topological polar surface area (TPSA) is 74.6 Å². The highest BCUT2D eigenvalue weighted by atomic mass is 32.2. The van der Waals surface area contributed by atoms with Crippen molar-refractivity contribution in [1.29, 1.82) is 0 Å². The number of hydrogen-bond donors (Lipinski definition) is 2. The van der Waals surface area contributed by atoms with Gasteiger partial charge in [-0.15, -0.1) is 0 Å². The van der Waals surface area contributed by atoms with Crippen LogP contribution in [-0.4, -0.2) is 43.2 Å². The Labute approximate surface area is 276 Å². The van der Waals surface area contributed by atoms with Gasteiger partial charge < -0.3 is 10.2 Å². The van der Waals surface area contributed by atoms with E-state index in [0.29, 0.717) is 10.5 Å². The van der Waals surface area contributed by atoms with Crippen molar-refractivity contribution in [2.75, 3.05) is 0 Å². The maximum Gasteiger partial charge on any atom is 0.307 e. The summed E-state index contributed by atoms with van der Waals surface area (Å²) in [5.41, 5.74) is 0. The van der Waals surface area contributed by atoms with E-state index in [0.717, 1.165) is 32.1 Å². The Balaban J connectivity index is 4.47. The Hall–Kier alpha value is -0.360. The van der Waals surface area contributed by atoms with E-state index in [1.807, 2.05) is 37.4 Å². The van der Waals surface area contributed by atoms with Gasteiger partial charge in [0.1, 0.15) is 0 Å². The summed E-state index contributed by atoms with van der Waals surface area (Å²) in [6.07, 6.45) is 28.5. The molecule has 0 aliphatic heterocycles. The fraction of sp³-hybridized carbons (Fsp3) is 0.946. The normalized spacial score (nSPS) is 16.0. The molecule has 0 aromatic rings. The molecule has 0 spiro atoms. The van der Waals surface area contributed by atoms with Crippen LogP contribution in [0.1, 0.15) is 189 Å². The Kier molecular flexibility index (Phi) is 28.8. The first-order valence-corrected chi connectivity index (χ1v) is 20.3. The minimum atomic E-state index is -0.686. The zero-order valence-corrected chi connectivity index (χ0v) is 30.9. The van der Waals surface area contributed by atoms with Crippen molar-refractivity contribution in [2.45, 2.75) is 210 Å². The second-order valence-electron chi connectivity index (χ2n) is 13.4. The lowest BCUT2D eigenvalue weighted by atomic mass is 9.99. The monoisotopic (exact) mass is 644 g/mol. The number of aliphatic carboxylic acids is 2. The molecule has 256 valence electrons. The number of carboxylic acid groups (broad SMARTS) is 2. The highest BCUT2D eigenvalue weighted by Gasteiger charge is 2.27. The van der Waals surface area contributed by atoms with E-state index in [1.165, 1.54) is 116 Å². The van der Waals surface area contributed by atoms with Crippen LogP contribution in [0.15, 0.2) is 0 Å². The predicted molar refractivity (Wildman–Crippen MR) is 193 cm³/mol. The van der Waals surface area contributed by atoms with Gasteiger partial charge in [-0.25, -0.2) is 0 Å². The van der Waals surface area contributed by atoms with E-state index in [9.17, 15) is 19.8 Å². The minimum absolute atomic E-state index is 0.149. The lowest BCUT2D eigenvalue weighted by Crippen LogP contribution is -2.25. The average Bonchev–Trinajstić information content (AvgIpc) is 2.97. The van der Waals surface area contributed by atoms with E-state index in [4.69, 9.17) is 0 Å². The Morgan fingerprint density at radius 3 is 1.00 bits per heavy atom. The molecule has 0 aromatic heterocycles. The molecule has 0 saturated carbocycles. The van der Waals surface area contributed by atoms with Gasteiger partial charge in [0.2, 0.25) is 0 Å². The van der Waals surface area contributed by atoms with Crippen molar-refractivity contribution in [1.82, 2.24) is 0 Å². The first kappa shape index (κ1) is 42.6. The standard InChI is InChI=1S/C37H72O4S2/c1-7-9-11-13-15-17-19-22-26-30(3)42-34(32(5)36(38)39)28-24-21-25-29-35(33(6)37(40)41)43-31(4)27-23-20-18-16-14-12-10-8-2/h30-35H,7-29H2,1-6H3,(H,38,39)(H,40,41). The molecule has 6 heteroatoms. The van der Waals surface area contributed by atoms with Gasteiger partial charge in [-0.3, -0.25) is 9.59 Å². The molecule has 0 bridgehead atoms. The van der Waals surface area contributed by atoms with Gasteiger partial charge >= 0.3 is 11.9 Å². The Morgan fingerprint density at radius 1 is 0.442 bits per heavy atom. The molecule has 2 N–H and O–H groups in total. The summed E-state index contributed by atoms with van der Waals surface area (Å²) < 4.78 is 0. The molecule has 6 unspecified atom stereocenters. The number of carboxylic acids is 2. The van der Waals surface area contributed by atoms with Crippen molar-refractivity contribution in [2.24, 2.45) is 11.8 Å². The van der Waals surface area contributed by atoms with Gasteiger partial charge in [0.15, 0.2) is 0 Å².